The van der Waals surface area contributed by atoms with Gasteiger partial charge in [-0.15, -0.1) is 0 Å². The van der Waals surface area contributed by atoms with Crippen LogP contribution in [0.15, 0.2) is 91.3 Å². The van der Waals surface area contributed by atoms with Crippen LogP contribution in [0, 0.1) is 10.1 Å². The summed E-state index contributed by atoms with van der Waals surface area (Å²) < 4.78 is 0. The molecule has 1 aliphatic heterocycles. The summed E-state index contributed by atoms with van der Waals surface area (Å²) in [5, 5.41) is 15.7. The van der Waals surface area contributed by atoms with Crippen LogP contribution < -0.4 is 10.2 Å². The van der Waals surface area contributed by atoms with Gasteiger partial charge in [0.05, 0.1) is 11.0 Å². The quantitative estimate of drug-likeness (QED) is 0.309. The maximum Gasteiger partial charge on any atom is 0.353 e. The Morgan fingerprint density at radius 3 is 2.18 bits per heavy atom. The number of para-hydroxylation sites is 1. The predicted octanol–water partition coefficient (Wildman–Crippen LogP) is 5.67. The summed E-state index contributed by atoms with van der Waals surface area (Å²) in [6, 6.07) is 27.4. The van der Waals surface area contributed by atoms with Crippen molar-refractivity contribution < 1.29 is 4.92 Å². The third kappa shape index (κ3) is 4.13. The van der Waals surface area contributed by atoms with Gasteiger partial charge >= 0.3 is 5.69 Å². The van der Waals surface area contributed by atoms with Gasteiger partial charge in [0.15, 0.2) is 0 Å². The number of rotatable bonds is 6. The van der Waals surface area contributed by atoms with Crippen molar-refractivity contribution in [1.29, 1.82) is 0 Å². The number of benzene rings is 3. The third-order valence-electron chi connectivity index (χ3n) is 5.90. The van der Waals surface area contributed by atoms with Crippen LogP contribution >= 0.6 is 0 Å². The average Bonchev–Trinajstić information content (AvgIpc) is 2.87. The summed E-state index contributed by atoms with van der Waals surface area (Å²) in [6.45, 7) is 0.662. The second kappa shape index (κ2) is 9.08. The first-order valence-electron chi connectivity index (χ1n) is 10.9. The molecule has 0 aliphatic carbocycles. The normalized spacial score (nSPS) is 12.9. The van der Waals surface area contributed by atoms with Gasteiger partial charge in [-0.3, -0.25) is 10.1 Å². The van der Waals surface area contributed by atoms with Crippen molar-refractivity contribution in [3.05, 3.63) is 118 Å². The molecule has 4 aromatic rings. The van der Waals surface area contributed by atoms with Gasteiger partial charge in [-0.2, -0.15) is 0 Å². The summed E-state index contributed by atoms with van der Waals surface area (Å²) in [5.74, 6) is 0.510. The van der Waals surface area contributed by atoms with E-state index in [1.165, 1.54) is 6.33 Å². The van der Waals surface area contributed by atoms with Crippen LogP contribution in [0.5, 0.6) is 0 Å². The Bertz CT molecular complexity index is 1220. The molecule has 5 rings (SSSR count). The van der Waals surface area contributed by atoms with Crippen LogP contribution in [-0.2, 0) is 6.42 Å². The van der Waals surface area contributed by atoms with E-state index >= 15 is 0 Å². The van der Waals surface area contributed by atoms with Crippen molar-refractivity contribution in [2.75, 3.05) is 16.8 Å². The van der Waals surface area contributed by atoms with E-state index in [4.69, 9.17) is 0 Å². The fourth-order valence-electron chi connectivity index (χ4n) is 4.38. The lowest BCUT2D eigenvalue weighted by atomic mass is 9.98. The van der Waals surface area contributed by atoms with Crippen LogP contribution in [0.4, 0.5) is 23.0 Å². The Morgan fingerprint density at radius 2 is 1.52 bits per heavy atom. The molecule has 0 radical (unpaired) electrons. The third-order valence-corrected chi connectivity index (χ3v) is 5.90. The van der Waals surface area contributed by atoms with Gasteiger partial charge in [0.25, 0.3) is 0 Å². The molecular weight excluding hydrogens is 414 g/mol. The van der Waals surface area contributed by atoms with Gasteiger partial charge < -0.3 is 10.2 Å². The van der Waals surface area contributed by atoms with E-state index in [0.717, 1.165) is 35.2 Å². The van der Waals surface area contributed by atoms with Crippen molar-refractivity contribution >= 4 is 23.0 Å². The molecular formula is C26H23N5O2. The Balaban J connectivity index is 1.60. The Hall–Kier alpha value is -4.26. The standard InChI is InChI=1S/C26H23N5O2/c32-31(33)24-25(29-23(20-11-3-1-4-12-20)21-13-5-2-6-14-21)27-18-28-26(24)30-17-9-15-19-10-7-8-16-22(19)30/h1-8,10-14,16,18,23H,9,15,17H2,(H,27,28,29). The molecule has 0 saturated heterocycles. The second-order valence-electron chi connectivity index (χ2n) is 7.93. The van der Waals surface area contributed by atoms with Crippen molar-refractivity contribution in [3.63, 3.8) is 0 Å². The van der Waals surface area contributed by atoms with Crippen LogP contribution in [0.2, 0.25) is 0 Å². The molecule has 0 fully saturated rings. The van der Waals surface area contributed by atoms with Gasteiger partial charge in [0, 0.05) is 12.2 Å². The number of nitrogens with zero attached hydrogens (tertiary/aromatic N) is 4. The SMILES string of the molecule is O=[N+]([O-])c1c(NC(c2ccccc2)c2ccccc2)ncnc1N1CCCc2ccccc21. The number of fused-ring (bicyclic) bond motifs is 1. The summed E-state index contributed by atoms with van der Waals surface area (Å²) >= 11 is 0. The molecule has 0 saturated carbocycles. The van der Waals surface area contributed by atoms with E-state index in [2.05, 4.69) is 21.4 Å². The molecule has 3 aromatic carbocycles. The first kappa shape index (κ1) is 20.6. The lowest BCUT2D eigenvalue weighted by Gasteiger charge is -2.30. The minimum absolute atomic E-state index is 0.119. The van der Waals surface area contributed by atoms with Crippen LogP contribution in [0.3, 0.4) is 0 Å². The number of anilines is 3. The molecule has 1 aromatic heterocycles. The highest BCUT2D eigenvalue weighted by Crippen LogP contribution is 2.40. The molecule has 7 nitrogen and oxygen atoms in total. The molecule has 0 bridgehead atoms. The highest BCUT2D eigenvalue weighted by molar-refractivity contribution is 5.77. The molecule has 1 N–H and O–H groups in total. The smallest absolute Gasteiger partial charge is 0.353 e. The zero-order valence-corrected chi connectivity index (χ0v) is 18.0. The minimum Gasteiger partial charge on any atom is -0.353 e. The summed E-state index contributed by atoms with van der Waals surface area (Å²) in [4.78, 5) is 22.5. The lowest BCUT2D eigenvalue weighted by Crippen LogP contribution is -2.26. The zero-order valence-electron chi connectivity index (χ0n) is 18.0. The monoisotopic (exact) mass is 437 g/mol. The van der Waals surface area contributed by atoms with Crippen molar-refractivity contribution in [1.82, 2.24) is 9.97 Å². The Labute approximate surface area is 191 Å². The fraction of sp³-hybridized carbons (Fsp3) is 0.154. The van der Waals surface area contributed by atoms with Crippen LogP contribution in [0.1, 0.15) is 29.2 Å². The molecule has 0 unspecified atom stereocenters. The van der Waals surface area contributed by atoms with E-state index in [0.29, 0.717) is 12.4 Å². The minimum atomic E-state index is -0.387. The first-order chi connectivity index (χ1) is 16.2. The van der Waals surface area contributed by atoms with Crippen LogP contribution in [0.25, 0.3) is 0 Å². The molecule has 0 atom stereocenters. The summed E-state index contributed by atoms with van der Waals surface area (Å²) in [6.07, 6.45) is 3.24. The zero-order chi connectivity index (χ0) is 22.6. The number of aryl methyl sites for hydroxylation is 1. The predicted molar refractivity (Wildman–Crippen MR) is 129 cm³/mol. The number of hydrogen-bond acceptors (Lipinski definition) is 6. The number of aromatic nitrogens is 2. The maximum absolute atomic E-state index is 12.3. The summed E-state index contributed by atoms with van der Waals surface area (Å²) in [7, 11) is 0. The van der Waals surface area contributed by atoms with Crippen LogP contribution in [-0.4, -0.2) is 21.4 Å². The lowest BCUT2D eigenvalue weighted by molar-refractivity contribution is -0.383. The van der Waals surface area contributed by atoms with Gasteiger partial charge in [-0.1, -0.05) is 78.9 Å². The molecule has 33 heavy (non-hydrogen) atoms. The second-order valence-corrected chi connectivity index (χ2v) is 7.93. The van der Waals surface area contributed by atoms with Gasteiger partial charge in [0.1, 0.15) is 6.33 Å². The molecule has 0 spiro atoms. The maximum atomic E-state index is 12.3. The molecule has 1 aliphatic rings. The summed E-state index contributed by atoms with van der Waals surface area (Å²) in [5.41, 5.74) is 3.98. The Morgan fingerprint density at radius 1 is 0.879 bits per heavy atom. The van der Waals surface area contributed by atoms with E-state index < -0.39 is 0 Å². The van der Waals surface area contributed by atoms with E-state index in [-0.39, 0.29) is 22.5 Å². The highest BCUT2D eigenvalue weighted by atomic mass is 16.6. The largest absolute Gasteiger partial charge is 0.353 e. The van der Waals surface area contributed by atoms with Crippen molar-refractivity contribution in [2.24, 2.45) is 0 Å². The average molecular weight is 438 g/mol. The van der Waals surface area contributed by atoms with E-state index in [9.17, 15) is 10.1 Å². The Kier molecular flexibility index (Phi) is 5.68. The number of nitrogens with one attached hydrogen (secondary N) is 1. The first-order valence-corrected chi connectivity index (χ1v) is 10.9. The highest BCUT2D eigenvalue weighted by Gasteiger charge is 2.31. The fourth-order valence-corrected chi connectivity index (χ4v) is 4.38. The molecule has 0 amide bonds. The van der Waals surface area contributed by atoms with Crippen molar-refractivity contribution in [3.8, 4) is 0 Å². The van der Waals surface area contributed by atoms with Crippen molar-refractivity contribution in [2.45, 2.75) is 18.9 Å². The molecule has 2 heterocycles. The van der Waals surface area contributed by atoms with E-state index in [1.807, 2.05) is 83.8 Å². The van der Waals surface area contributed by atoms with E-state index in [1.54, 1.807) is 0 Å². The van der Waals surface area contributed by atoms with Gasteiger partial charge in [-0.05, 0) is 35.6 Å². The molecule has 164 valence electrons. The van der Waals surface area contributed by atoms with Gasteiger partial charge in [-0.25, -0.2) is 9.97 Å². The number of nitro groups is 1. The topological polar surface area (TPSA) is 84.2 Å². The number of hydrogen-bond donors (Lipinski definition) is 1. The molecule has 7 heteroatoms. The van der Waals surface area contributed by atoms with Gasteiger partial charge in [0.2, 0.25) is 11.6 Å².